The Hall–Kier alpha value is -3.37. The SMILES string of the molecule is Cc1ccc(OCc2ccccc2N)c(F)c1[C@@H]1O[C@@H]2C[C@H]3[C@@H]4CCC5=CC(=O)C=C[C@]5(C)[C@H]4[C@@H](O)C[C@]3(C)[C@]2(C(=O)CO)O1. The van der Waals surface area contributed by atoms with Crippen molar-refractivity contribution in [2.75, 3.05) is 12.3 Å². The van der Waals surface area contributed by atoms with Crippen molar-refractivity contribution in [3.8, 4) is 5.75 Å². The van der Waals surface area contributed by atoms with Gasteiger partial charge in [0.1, 0.15) is 13.2 Å². The van der Waals surface area contributed by atoms with E-state index in [9.17, 15) is 19.8 Å². The number of aliphatic hydroxyl groups excluding tert-OH is 2. The Morgan fingerprint density at radius 1 is 1.20 bits per heavy atom. The number of anilines is 1. The van der Waals surface area contributed by atoms with E-state index < -0.39 is 53.1 Å². The molecule has 0 unspecified atom stereocenters. The maximum absolute atomic E-state index is 16.2. The van der Waals surface area contributed by atoms with Gasteiger partial charge in [-0.15, -0.1) is 0 Å². The van der Waals surface area contributed by atoms with Crippen molar-refractivity contribution >= 4 is 17.3 Å². The quantitative estimate of drug-likeness (QED) is 0.391. The predicted octanol–water partition coefficient (Wildman–Crippen LogP) is 4.90. The first kappa shape index (κ1) is 30.3. The molecule has 2 aromatic rings. The van der Waals surface area contributed by atoms with E-state index in [-0.39, 0.29) is 47.9 Å². The summed E-state index contributed by atoms with van der Waals surface area (Å²) in [6.45, 7) is 5.08. The first-order valence-electron chi connectivity index (χ1n) is 15.8. The number of rotatable bonds is 6. The van der Waals surface area contributed by atoms with Gasteiger partial charge in [-0.05, 0) is 74.3 Å². The molecular weight excluding hydrogens is 577 g/mol. The Morgan fingerprint density at radius 2 is 1.98 bits per heavy atom. The fourth-order valence-corrected chi connectivity index (χ4v) is 9.71. The second-order valence-corrected chi connectivity index (χ2v) is 13.9. The molecule has 1 aliphatic heterocycles. The minimum absolute atomic E-state index is 0.00370. The number of ether oxygens (including phenoxy) is 3. The molecule has 45 heavy (non-hydrogen) atoms. The number of ketones is 2. The van der Waals surface area contributed by atoms with Crippen LogP contribution in [0.25, 0.3) is 0 Å². The molecule has 1 saturated heterocycles. The van der Waals surface area contributed by atoms with Gasteiger partial charge in [0, 0.05) is 28.0 Å². The van der Waals surface area contributed by atoms with Crippen LogP contribution in [0.3, 0.4) is 0 Å². The number of Topliss-reactive ketones (excluding diaryl/α,β-unsaturated/α-hetero) is 1. The van der Waals surface area contributed by atoms with Crippen molar-refractivity contribution in [1.82, 2.24) is 0 Å². The zero-order chi connectivity index (χ0) is 31.9. The second-order valence-electron chi connectivity index (χ2n) is 13.9. The lowest BCUT2D eigenvalue weighted by molar-refractivity contribution is -0.201. The number of nitrogens with two attached hydrogens (primary N) is 1. The van der Waals surface area contributed by atoms with E-state index in [4.69, 9.17) is 19.9 Å². The zero-order valence-electron chi connectivity index (χ0n) is 25.8. The summed E-state index contributed by atoms with van der Waals surface area (Å²) in [5.41, 5.74) is 6.11. The van der Waals surface area contributed by atoms with Crippen LogP contribution in [-0.2, 0) is 25.7 Å². The van der Waals surface area contributed by atoms with Crippen molar-refractivity contribution in [3.63, 3.8) is 0 Å². The van der Waals surface area contributed by atoms with Crippen LogP contribution in [0.4, 0.5) is 10.1 Å². The highest BCUT2D eigenvalue weighted by Gasteiger charge is 2.76. The number of benzene rings is 2. The number of allylic oxidation sites excluding steroid dienone is 4. The van der Waals surface area contributed by atoms with E-state index in [1.165, 1.54) is 0 Å². The molecule has 0 spiro atoms. The molecule has 2 aromatic carbocycles. The molecule has 8 nitrogen and oxygen atoms in total. The Morgan fingerprint density at radius 3 is 2.73 bits per heavy atom. The van der Waals surface area contributed by atoms with E-state index in [2.05, 4.69) is 6.92 Å². The largest absolute Gasteiger partial charge is 0.486 e. The third-order valence-corrected chi connectivity index (χ3v) is 11.8. The standard InChI is InChI=1S/C36H40FNO7/c1-19-8-11-27(43-18-20-6-4-5-7-25(20)38)32(37)30(19)33-44-29-15-24-23-10-9-21-14-22(40)12-13-34(21,2)31(23)26(41)16-35(24,3)36(29,45-33)28(42)17-39/h4-8,11-14,23-24,26,29,31,33,39,41H,9-10,15-18,38H2,1-3H3/t23-,24-,26-,29+,31+,33+,34-,35-,36+/m0/s1. The topological polar surface area (TPSA) is 128 Å². The Labute approximate surface area is 262 Å². The van der Waals surface area contributed by atoms with Crippen LogP contribution in [0.2, 0.25) is 0 Å². The predicted molar refractivity (Wildman–Crippen MR) is 163 cm³/mol. The van der Waals surface area contributed by atoms with E-state index in [1.54, 1.807) is 37.3 Å². The summed E-state index contributed by atoms with van der Waals surface area (Å²) in [6.07, 6.45) is 4.65. The fraction of sp³-hybridized carbons (Fsp3) is 0.500. The summed E-state index contributed by atoms with van der Waals surface area (Å²) in [5.74, 6) is -1.39. The molecule has 7 rings (SSSR count). The number of fused-ring (bicyclic) bond motifs is 7. The van der Waals surface area contributed by atoms with Gasteiger partial charge < -0.3 is 30.2 Å². The first-order valence-corrected chi connectivity index (χ1v) is 15.8. The third kappa shape index (κ3) is 4.24. The average Bonchev–Trinajstić information content (AvgIpc) is 3.50. The van der Waals surface area contributed by atoms with Crippen LogP contribution in [-0.4, -0.2) is 46.2 Å². The smallest absolute Gasteiger partial charge is 0.193 e. The molecule has 4 N–H and O–H groups in total. The summed E-state index contributed by atoms with van der Waals surface area (Å²) >= 11 is 0. The Kier molecular flexibility index (Phi) is 7.13. The van der Waals surface area contributed by atoms with Crippen LogP contribution in [0.5, 0.6) is 5.75 Å². The molecule has 9 atom stereocenters. The highest BCUT2D eigenvalue weighted by atomic mass is 19.1. The van der Waals surface area contributed by atoms with Gasteiger partial charge >= 0.3 is 0 Å². The molecule has 9 heteroatoms. The lowest BCUT2D eigenvalue weighted by Crippen LogP contribution is -2.63. The minimum atomic E-state index is -1.58. The number of carbonyl (C=O) groups excluding carboxylic acids is 2. The molecule has 4 aliphatic carbocycles. The van der Waals surface area contributed by atoms with Gasteiger partial charge in [-0.1, -0.05) is 49.8 Å². The number of hydrogen-bond acceptors (Lipinski definition) is 8. The monoisotopic (exact) mass is 617 g/mol. The van der Waals surface area contributed by atoms with Crippen molar-refractivity contribution in [1.29, 1.82) is 0 Å². The molecule has 0 amide bonds. The molecular formula is C36H40FNO7. The number of carbonyl (C=O) groups is 2. The summed E-state index contributed by atoms with van der Waals surface area (Å²) in [5, 5.41) is 22.1. The number of hydrogen-bond donors (Lipinski definition) is 3. The molecule has 5 aliphatic rings. The van der Waals surface area contributed by atoms with Gasteiger partial charge in [0.15, 0.2) is 35.0 Å². The number of halogens is 1. The molecule has 0 aromatic heterocycles. The van der Waals surface area contributed by atoms with E-state index in [1.807, 2.05) is 31.2 Å². The van der Waals surface area contributed by atoms with E-state index >= 15 is 4.39 Å². The van der Waals surface area contributed by atoms with Crippen molar-refractivity contribution in [2.45, 2.75) is 77.2 Å². The van der Waals surface area contributed by atoms with Gasteiger partial charge in [-0.25, -0.2) is 4.39 Å². The van der Waals surface area contributed by atoms with Crippen molar-refractivity contribution in [3.05, 3.63) is 82.7 Å². The van der Waals surface area contributed by atoms with Gasteiger partial charge in [-0.2, -0.15) is 0 Å². The number of aryl methyl sites for hydroxylation is 1. The first-order chi connectivity index (χ1) is 21.4. The van der Waals surface area contributed by atoms with Gasteiger partial charge in [-0.3, -0.25) is 9.59 Å². The maximum atomic E-state index is 16.2. The molecule has 1 heterocycles. The van der Waals surface area contributed by atoms with Crippen molar-refractivity contribution < 1.29 is 38.4 Å². The summed E-state index contributed by atoms with van der Waals surface area (Å²) in [4.78, 5) is 26.0. The van der Waals surface area contributed by atoms with Gasteiger partial charge in [0.05, 0.1) is 17.8 Å². The van der Waals surface area contributed by atoms with Crippen molar-refractivity contribution in [2.24, 2.45) is 28.6 Å². The zero-order valence-corrected chi connectivity index (χ0v) is 25.8. The molecule has 4 fully saturated rings. The minimum Gasteiger partial charge on any atom is -0.486 e. The van der Waals surface area contributed by atoms with Crippen LogP contribution >= 0.6 is 0 Å². The summed E-state index contributed by atoms with van der Waals surface area (Å²) < 4.78 is 35.2. The number of nitrogen functional groups attached to an aromatic ring is 1. The normalized spacial score (nSPS) is 38.2. The maximum Gasteiger partial charge on any atom is 0.193 e. The molecule has 0 bridgehead atoms. The Bertz CT molecular complexity index is 1640. The lowest BCUT2D eigenvalue weighted by Gasteiger charge is -2.59. The van der Waals surface area contributed by atoms with Gasteiger partial charge in [0.25, 0.3) is 0 Å². The molecule has 3 saturated carbocycles. The lowest BCUT2D eigenvalue weighted by atomic mass is 9.46. The fourth-order valence-electron chi connectivity index (χ4n) is 9.71. The highest BCUT2D eigenvalue weighted by Crippen LogP contribution is 2.70. The van der Waals surface area contributed by atoms with Crippen LogP contribution < -0.4 is 10.5 Å². The van der Waals surface area contributed by atoms with Crippen LogP contribution in [0.15, 0.2) is 60.2 Å². The van der Waals surface area contributed by atoms with Crippen LogP contribution in [0.1, 0.15) is 62.5 Å². The summed E-state index contributed by atoms with van der Waals surface area (Å²) in [7, 11) is 0. The molecule has 238 valence electrons. The third-order valence-electron chi connectivity index (χ3n) is 11.8. The number of aliphatic hydroxyl groups is 2. The Balaban J connectivity index is 1.22. The van der Waals surface area contributed by atoms with Crippen LogP contribution in [0, 0.1) is 41.3 Å². The summed E-state index contributed by atoms with van der Waals surface area (Å²) in [6, 6.07) is 10.5. The second kappa shape index (κ2) is 10.6. The van der Waals surface area contributed by atoms with Gasteiger partial charge in [0.2, 0.25) is 0 Å². The van der Waals surface area contributed by atoms with E-state index in [0.29, 0.717) is 17.7 Å². The highest BCUT2D eigenvalue weighted by molar-refractivity contribution is 6.01. The number of para-hydroxylation sites is 1. The molecule has 0 radical (unpaired) electrons. The van der Waals surface area contributed by atoms with E-state index in [0.717, 1.165) is 24.0 Å². The average molecular weight is 618 g/mol.